The van der Waals surface area contributed by atoms with Crippen molar-refractivity contribution in [1.29, 1.82) is 0 Å². The number of rotatable bonds is 9. The van der Waals surface area contributed by atoms with Crippen LogP contribution in [0.1, 0.15) is 55.7 Å². The molecule has 166 valence electrons. The smallest absolute Gasteiger partial charge is 0.243 e. The van der Waals surface area contributed by atoms with E-state index in [1.807, 2.05) is 62.4 Å². The van der Waals surface area contributed by atoms with E-state index in [1.165, 1.54) is 0 Å². The molecule has 2 amide bonds. The normalized spacial score (nSPS) is 14.8. The first-order valence-corrected chi connectivity index (χ1v) is 11.3. The Balaban J connectivity index is 1.82. The third kappa shape index (κ3) is 6.33. The van der Waals surface area contributed by atoms with Crippen LogP contribution in [-0.2, 0) is 22.6 Å². The molecule has 1 atom stereocenters. The Kier molecular flexibility index (Phi) is 8.10. The Morgan fingerprint density at radius 3 is 2.45 bits per heavy atom. The van der Waals surface area contributed by atoms with Crippen molar-refractivity contribution in [2.75, 3.05) is 7.11 Å². The molecular weight excluding hydrogens is 388 g/mol. The van der Waals surface area contributed by atoms with E-state index in [9.17, 15) is 9.59 Å². The Hall–Kier alpha value is -2.82. The van der Waals surface area contributed by atoms with Crippen molar-refractivity contribution in [1.82, 2.24) is 10.2 Å². The minimum atomic E-state index is -0.496. The van der Waals surface area contributed by atoms with E-state index in [2.05, 4.69) is 5.32 Å². The molecule has 0 aliphatic heterocycles. The van der Waals surface area contributed by atoms with Crippen molar-refractivity contribution in [3.63, 3.8) is 0 Å². The highest BCUT2D eigenvalue weighted by atomic mass is 16.5. The molecule has 1 fully saturated rings. The van der Waals surface area contributed by atoms with Crippen molar-refractivity contribution >= 4 is 11.8 Å². The summed E-state index contributed by atoms with van der Waals surface area (Å²) in [7, 11) is 1.63. The third-order valence-electron chi connectivity index (χ3n) is 6.05. The highest BCUT2D eigenvalue weighted by Gasteiger charge is 2.30. The summed E-state index contributed by atoms with van der Waals surface area (Å²) in [5, 5.41) is 3.19. The maximum Gasteiger partial charge on any atom is 0.243 e. The molecule has 1 saturated carbocycles. The molecule has 0 bridgehead atoms. The zero-order valence-corrected chi connectivity index (χ0v) is 18.9. The summed E-state index contributed by atoms with van der Waals surface area (Å²) >= 11 is 0. The van der Waals surface area contributed by atoms with Gasteiger partial charge in [0.15, 0.2) is 0 Å². The maximum absolute atomic E-state index is 13.4. The molecule has 0 aromatic heterocycles. The van der Waals surface area contributed by atoms with E-state index in [4.69, 9.17) is 4.74 Å². The van der Waals surface area contributed by atoms with E-state index in [-0.39, 0.29) is 24.3 Å². The first-order valence-electron chi connectivity index (χ1n) is 11.3. The van der Waals surface area contributed by atoms with Gasteiger partial charge in [0, 0.05) is 12.6 Å². The van der Waals surface area contributed by atoms with Gasteiger partial charge in [0.1, 0.15) is 11.8 Å². The summed E-state index contributed by atoms with van der Waals surface area (Å²) in [4.78, 5) is 28.3. The Morgan fingerprint density at radius 1 is 1.10 bits per heavy atom. The number of methoxy groups -OCH3 is 1. The van der Waals surface area contributed by atoms with E-state index >= 15 is 0 Å². The number of benzene rings is 2. The van der Waals surface area contributed by atoms with Gasteiger partial charge < -0.3 is 15.0 Å². The second-order valence-electron chi connectivity index (χ2n) is 8.45. The van der Waals surface area contributed by atoms with Crippen LogP contribution in [0.15, 0.2) is 48.5 Å². The second-order valence-corrected chi connectivity index (χ2v) is 8.45. The highest BCUT2D eigenvalue weighted by molar-refractivity contribution is 5.88. The van der Waals surface area contributed by atoms with E-state index in [1.54, 1.807) is 12.0 Å². The van der Waals surface area contributed by atoms with Gasteiger partial charge in [-0.05, 0) is 49.4 Å². The maximum atomic E-state index is 13.4. The summed E-state index contributed by atoms with van der Waals surface area (Å²) in [5.74, 6) is 0.654. The van der Waals surface area contributed by atoms with Crippen LogP contribution < -0.4 is 10.1 Å². The average molecular weight is 423 g/mol. The fourth-order valence-electron chi connectivity index (χ4n) is 4.24. The van der Waals surface area contributed by atoms with Gasteiger partial charge in [-0.25, -0.2) is 0 Å². The molecule has 0 unspecified atom stereocenters. The van der Waals surface area contributed by atoms with Crippen LogP contribution in [0.2, 0.25) is 0 Å². The number of carbonyl (C=O) groups is 2. The Labute approximate surface area is 185 Å². The molecule has 1 N–H and O–H groups in total. The molecule has 3 rings (SSSR count). The van der Waals surface area contributed by atoms with Crippen molar-refractivity contribution < 1.29 is 14.3 Å². The highest BCUT2D eigenvalue weighted by Crippen LogP contribution is 2.21. The molecule has 5 heteroatoms. The van der Waals surface area contributed by atoms with E-state index < -0.39 is 6.04 Å². The zero-order valence-electron chi connectivity index (χ0n) is 18.9. The molecule has 0 radical (unpaired) electrons. The number of nitrogens with zero attached hydrogens (tertiary/aromatic N) is 1. The van der Waals surface area contributed by atoms with E-state index in [0.717, 1.165) is 48.1 Å². The molecule has 5 nitrogen and oxygen atoms in total. The summed E-state index contributed by atoms with van der Waals surface area (Å²) in [6.45, 7) is 4.37. The van der Waals surface area contributed by atoms with Crippen molar-refractivity contribution in [2.24, 2.45) is 0 Å². The Bertz CT molecular complexity index is 872. The molecule has 0 heterocycles. The number of ether oxygens (including phenoxy) is 1. The summed E-state index contributed by atoms with van der Waals surface area (Å²) in [6, 6.07) is 15.4. The monoisotopic (exact) mass is 422 g/mol. The Morgan fingerprint density at radius 2 is 1.81 bits per heavy atom. The molecule has 0 saturated heterocycles. The van der Waals surface area contributed by atoms with Crippen LogP contribution in [0, 0.1) is 6.92 Å². The van der Waals surface area contributed by atoms with Crippen LogP contribution in [0.25, 0.3) is 0 Å². The van der Waals surface area contributed by atoms with Gasteiger partial charge in [-0.15, -0.1) is 0 Å². The predicted octanol–water partition coefficient (Wildman–Crippen LogP) is 4.41. The number of amides is 2. The lowest BCUT2D eigenvalue weighted by Gasteiger charge is -2.31. The van der Waals surface area contributed by atoms with Gasteiger partial charge in [0.2, 0.25) is 11.8 Å². The minimum Gasteiger partial charge on any atom is -0.497 e. The molecule has 1 aliphatic rings. The fourth-order valence-corrected chi connectivity index (χ4v) is 4.24. The standard InChI is InChI=1S/C26H34N2O3/c1-4-24(26(30)27-22-9-5-6-10-22)28(18-21-8-7-11-23(16-21)31-3)25(29)17-20-14-12-19(2)13-15-20/h7-8,11-16,22,24H,4-6,9-10,17-18H2,1-3H3,(H,27,30)/t24-/m1/s1. The van der Waals surface area contributed by atoms with Crippen molar-refractivity contribution in [3.8, 4) is 5.75 Å². The molecular formula is C26H34N2O3. The number of carbonyl (C=O) groups excluding carboxylic acids is 2. The zero-order chi connectivity index (χ0) is 22.2. The largest absolute Gasteiger partial charge is 0.497 e. The number of hydrogen-bond donors (Lipinski definition) is 1. The molecule has 0 spiro atoms. The lowest BCUT2D eigenvalue weighted by Crippen LogP contribution is -2.51. The van der Waals surface area contributed by atoms with Crippen LogP contribution in [0.4, 0.5) is 0 Å². The van der Waals surface area contributed by atoms with Crippen LogP contribution in [0.5, 0.6) is 5.75 Å². The van der Waals surface area contributed by atoms with Gasteiger partial charge in [-0.1, -0.05) is 61.7 Å². The minimum absolute atomic E-state index is 0.0416. The number of hydrogen-bond acceptors (Lipinski definition) is 3. The molecule has 2 aromatic carbocycles. The second kappa shape index (κ2) is 11.0. The van der Waals surface area contributed by atoms with Crippen molar-refractivity contribution in [3.05, 3.63) is 65.2 Å². The topological polar surface area (TPSA) is 58.6 Å². The van der Waals surface area contributed by atoms with E-state index in [0.29, 0.717) is 13.0 Å². The van der Waals surface area contributed by atoms with Crippen molar-refractivity contribution in [2.45, 2.75) is 71.0 Å². The third-order valence-corrected chi connectivity index (χ3v) is 6.05. The summed E-state index contributed by atoms with van der Waals surface area (Å²) in [6.07, 6.45) is 5.20. The first kappa shape index (κ1) is 22.9. The van der Waals surface area contributed by atoms with Gasteiger partial charge in [-0.3, -0.25) is 9.59 Å². The van der Waals surface area contributed by atoms with Crippen LogP contribution in [0.3, 0.4) is 0 Å². The van der Waals surface area contributed by atoms with Gasteiger partial charge in [-0.2, -0.15) is 0 Å². The van der Waals surface area contributed by atoms with Crippen LogP contribution in [-0.4, -0.2) is 35.9 Å². The number of aryl methyl sites for hydroxylation is 1. The number of nitrogens with one attached hydrogen (secondary N) is 1. The fraction of sp³-hybridized carbons (Fsp3) is 0.462. The quantitative estimate of drug-likeness (QED) is 0.651. The first-order chi connectivity index (χ1) is 15.0. The summed E-state index contributed by atoms with van der Waals surface area (Å²) in [5.41, 5.74) is 3.06. The lowest BCUT2D eigenvalue weighted by molar-refractivity contribution is -0.141. The predicted molar refractivity (Wildman–Crippen MR) is 123 cm³/mol. The SMILES string of the molecule is CC[C@H](C(=O)NC1CCCC1)N(Cc1cccc(OC)c1)C(=O)Cc1ccc(C)cc1. The molecule has 2 aromatic rings. The van der Waals surface area contributed by atoms with Gasteiger partial charge in [0.05, 0.1) is 13.5 Å². The average Bonchev–Trinajstić information content (AvgIpc) is 3.28. The molecule has 31 heavy (non-hydrogen) atoms. The van der Waals surface area contributed by atoms with Crippen LogP contribution >= 0.6 is 0 Å². The van der Waals surface area contributed by atoms with Gasteiger partial charge >= 0.3 is 0 Å². The lowest BCUT2D eigenvalue weighted by atomic mass is 10.1. The summed E-state index contributed by atoms with van der Waals surface area (Å²) < 4.78 is 5.34. The molecule has 1 aliphatic carbocycles. The van der Waals surface area contributed by atoms with Gasteiger partial charge in [0.25, 0.3) is 0 Å².